The van der Waals surface area contributed by atoms with Crippen molar-refractivity contribution in [1.29, 1.82) is 0 Å². The molecule has 5 nitrogen and oxygen atoms in total. The van der Waals surface area contributed by atoms with Gasteiger partial charge in [-0.15, -0.1) is 0 Å². The highest BCUT2D eigenvalue weighted by Crippen LogP contribution is 2.20. The normalized spacial score (nSPS) is 11.2. The molecule has 0 spiro atoms. The molecule has 0 saturated carbocycles. The summed E-state index contributed by atoms with van der Waals surface area (Å²) in [5, 5.41) is 24.2. The Labute approximate surface area is 117 Å². The largest absolute Gasteiger partial charge is 0.394 e. The molecule has 0 unspecified atom stereocenters. The molecule has 0 radical (unpaired) electrons. The van der Waals surface area contributed by atoms with Crippen LogP contribution in [-0.4, -0.2) is 35.0 Å². The molecule has 106 valence electrons. The van der Waals surface area contributed by atoms with E-state index in [2.05, 4.69) is 10.6 Å². The number of carbonyl (C=O) groups is 1. The molecule has 0 aliphatic carbocycles. The first kappa shape index (κ1) is 15.8. The van der Waals surface area contributed by atoms with Gasteiger partial charge in [0.1, 0.15) is 0 Å². The zero-order valence-corrected chi connectivity index (χ0v) is 11.8. The minimum absolute atomic E-state index is 0.331. The Morgan fingerprint density at radius 2 is 2.00 bits per heavy atom. The van der Waals surface area contributed by atoms with Crippen molar-refractivity contribution >= 4 is 23.3 Å². The van der Waals surface area contributed by atoms with E-state index in [1.165, 1.54) is 0 Å². The van der Waals surface area contributed by atoms with Crippen LogP contribution in [0.2, 0.25) is 5.02 Å². The molecule has 19 heavy (non-hydrogen) atoms. The van der Waals surface area contributed by atoms with Crippen LogP contribution in [0.3, 0.4) is 0 Å². The van der Waals surface area contributed by atoms with Crippen molar-refractivity contribution in [3.8, 4) is 0 Å². The molecule has 0 aliphatic heterocycles. The molecule has 6 heteroatoms. The standard InChI is InChI=1S/C13H19ClN2O3/c1-3-13(7-17,8-18)16-12(19)15-10-5-4-9(2)11(14)6-10/h4-6,17-18H,3,7-8H2,1-2H3,(H2,15,16,19). The molecule has 2 amide bonds. The number of anilines is 1. The smallest absolute Gasteiger partial charge is 0.319 e. The lowest BCUT2D eigenvalue weighted by molar-refractivity contribution is 0.0955. The summed E-state index contributed by atoms with van der Waals surface area (Å²) in [6.07, 6.45) is 0.419. The third-order valence-corrected chi connectivity index (χ3v) is 3.50. The maximum Gasteiger partial charge on any atom is 0.319 e. The van der Waals surface area contributed by atoms with E-state index in [1.54, 1.807) is 25.1 Å². The van der Waals surface area contributed by atoms with Crippen LogP contribution in [-0.2, 0) is 0 Å². The van der Waals surface area contributed by atoms with Crippen LogP contribution in [0.4, 0.5) is 10.5 Å². The van der Waals surface area contributed by atoms with Crippen LogP contribution in [0.25, 0.3) is 0 Å². The van der Waals surface area contributed by atoms with Gasteiger partial charge in [-0.3, -0.25) is 0 Å². The van der Waals surface area contributed by atoms with Gasteiger partial charge >= 0.3 is 6.03 Å². The Morgan fingerprint density at radius 1 is 1.37 bits per heavy atom. The van der Waals surface area contributed by atoms with Gasteiger partial charge in [-0.2, -0.15) is 0 Å². The van der Waals surface area contributed by atoms with E-state index in [4.69, 9.17) is 11.6 Å². The van der Waals surface area contributed by atoms with Gasteiger partial charge in [-0.25, -0.2) is 4.79 Å². The molecule has 4 N–H and O–H groups in total. The van der Waals surface area contributed by atoms with Gasteiger partial charge in [0.25, 0.3) is 0 Å². The van der Waals surface area contributed by atoms with Crippen molar-refractivity contribution in [1.82, 2.24) is 5.32 Å². The van der Waals surface area contributed by atoms with Crippen molar-refractivity contribution in [3.63, 3.8) is 0 Å². The van der Waals surface area contributed by atoms with Crippen LogP contribution in [0.15, 0.2) is 18.2 Å². The molecular formula is C13H19ClN2O3. The summed E-state index contributed by atoms with van der Waals surface area (Å²) >= 11 is 5.96. The van der Waals surface area contributed by atoms with E-state index in [-0.39, 0.29) is 13.2 Å². The molecule has 0 atom stereocenters. The van der Waals surface area contributed by atoms with Gasteiger partial charge in [0, 0.05) is 10.7 Å². The van der Waals surface area contributed by atoms with E-state index in [1.807, 2.05) is 6.92 Å². The van der Waals surface area contributed by atoms with Crippen molar-refractivity contribution in [2.24, 2.45) is 0 Å². The lowest BCUT2D eigenvalue weighted by Crippen LogP contribution is -2.55. The fourth-order valence-corrected chi connectivity index (χ4v) is 1.70. The van der Waals surface area contributed by atoms with E-state index in [9.17, 15) is 15.0 Å². The summed E-state index contributed by atoms with van der Waals surface area (Å²) in [4.78, 5) is 11.8. The lowest BCUT2D eigenvalue weighted by atomic mass is 9.99. The molecule has 0 saturated heterocycles. The third-order valence-electron chi connectivity index (χ3n) is 3.09. The molecule has 1 aromatic carbocycles. The Hall–Kier alpha value is -1.30. The van der Waals surface area contributed by atoms with Crippen molar-refractivity contribution in [2.45, 2.75) is 25.8 Å². The highest BCUT2D eigenvalue weighted by Gasteiger charge is 2.28. The molecule has 0 bridgehead atoms. The second-order valence-corrected chi connectivity index (χ2v) is 4.90. The molecular weight excluding hydrogens is 268 g/mol. The number of aliphatic hydroxyl groups is 2. The second-order valence-electron chi connectivity index (χ2n) is 4.49. The summed E-state index contributed by atoms with van der Waals surface area (Å²) in [5.41, 5.74) is 0.453. The Kier molecular flexibility index (Phi) is 5.60. The number of halogens is 1. The maximum atomic E-state index is 11.8. The average molecular weight is 287 g/mol. The number of urea groups is 1. The highest BCUT2D eigenvalue weighted by molar-refractivity contribution is 6.31. The van der Waals surface area contributed by atoms with Crippen molar-refractivity contribution < 1.29 is 15.0 Å². The van der Waals surface area contributed by atoms with Gasteiger partial charge in [-0.05, 0) is 31.0 Å². The van der Waals surface area contributed by atoms with E-state index >= 15 is 0 Å². The number of aryl methyl sites for hydroxylation is 1. The summed E-state index contributed by atoms with van der Waals surface area (Å²) < 4.78 is 0. The van der Waals surface area contributed by atoms with Gasteiger partial charge in [-0.1, -0.05) is 24.6 Å². The predicted molar refractivity (Wildman–Crippen MR) is 75.5 cm³/mol. The molecule has 0 heterocycles. The minimum Gasteiger partial charge on any atom is -0.394 e. The summed E-state index contributed by atoms with van der Waals surface area (Å²) in [6.45, 7) is 2.98. The van der Waals surface area contributed by atoms with E-state index in [0.717, 1.165) is 5.56 Å². The monoisotopic (exact) mass is 286 g/mol. The fraction of sp³-hybridized carbons (Fsp3) is 0.462. The van der Waals surface area contributed by atoms with Gasteiger partial charge in [0.05, 0.1) is 18.8 Å². The van der Waals surface area contributed by atoms with Gasteiger partial charge in [0.15, 0.2) is 0 Å². The SMILES string of the molecule is CCC(CO)(CO)NC(=O)Nc1ccc(C)c(Cl)c1. The minimum atomic E-state index is -1.02. The number of carbonyl (C=O) groups excluding carboxylic acids is 1. The van der Waals surface area contributed by atoms with Gasteiger partial charge < -0.3 is 20.8 Å². The topological polar surface area (TPSA) is 81.6 Å². The molecule has 0 aromatic heterocycles. The first-order valence-corrected chi connectivity index (χ1v) is 6.41. The Morgan fingerprint density at radius 3 is 2.47 bits per heavy atom. The average Bonchev–Trinajstić information content (AvgIpc) is 2.40. The zero-order valence-electron chi connectivity index (χ0n) is 11.0. The van der Waals surface area contributed by atoms with E-state index < -0.39 is 11.6 Å². The van der Waals surface area contributed by atoms with Crippen LogP contribution >= 0.6 is 11.6 Å². The van der Waals surface area contributed by atoms with Gasteiger partial charge in [0.2, 0.25) is 0 Å². The molecule has 0 aliphatic rings. The van der Waals surface area contributed by atoms with Crippen LogP contribution in [0.1, 0.15) is 18.9 Å². The molecule has 0 fully saturated rings. The van der Waals surface area contributed by atoms with Crippen LogP contribution in [0, 0.1) is 6.92 Å². The Bertz CT molecular complexity index is 439. The first-order chi connectivity index (χ1) is 8.96. The molecule has 1 aromatic rings. The summed E-state index contributed by atoms with van der Waals surface area (Å²) in [7, 11) is 0. The van der Waals surface area contributed by atoms with Crippen LogP contribution < -0.4 is 10.6 Å². The fourth-order valence-electron chi connectivity index (χ4n) is 1.51. The number of aliphatic hydroxyl groups excluding tert-OH is 2. The number of hydrogen-bond donors (Lipinski definition) is 4. The molecule has 1 rings (SSSR count). The predicted octanol–water partition coefficient (Wildman–Crippen LogP) is 1.90. The number of benzene rings is 1. The summed E-state index contributed by atoms with van der Waals surface area (Å²) in [5.74, 6) is 0. The highest BCUT2D eigenvalue weighted by atomic mass is 35.5. The quantitative estimate of drug-likeness (QED) is 0.667. The van der Waals surface area contributed by atoms with E-state index in [0.29, 0.717) is 17.1 Å². The number of rotatable bonds is 5. The lowest BCUT2D eigenvalue weighted by Gasteiger charge is -2.29. The summed E-state index contributed by atoms with van der Waals surface area (Å²) in [6, 6.07) is 4.67. The number of hydrogen-bond acceptors (Lipinski definition) is 3. The van der Waals surface area contributed by atoms with Crippen molar-refractivity contribution in [3.05, 3.63) is 28.8 Å². The maximum absolute atomic E-state index is 11.8. The van der Waals surface area contributed by atoms with Crippen molar-refractivity contribution in [2.75, 3.05) is 18.5 Å². The second kappa shape index (κ2) is 6.75. The zero-order chi connectivity index (χ0) is 14.5. The Balaban J connectivity index is 2.71. The number of amides is 2. The first-order valence-electron chi connectivity index (χ1n) is 6.03. The third kappa shape index (κ3) is 4.09. The van der Waals surface area contributed by atoms with Crippen LogP contribution in [0.5, 0.6) is 0 Å². The number of nitrogens with one attached hydrogen (secondary N) is 2.